The Morgan fingerprint density at radius 1 is 1.32 bits per heavy atom. The summed E-state index contributed by atoms with van der Waals surface area (Å²) in [5, 5.41) is 9.98. The normalized spacial score (nSPS) is 27.0. The Bertz CT molecular complexity index is 353. The molecule has 2 fully saturated rings. The summed E-state index contributed by atoms with van der Waals surface area (Å²) < 4.78 is 0. The molecule has 0 bridgehead atoms. The second-order valence-corrected chi connectivity index (χ2v) is 7.39. The molecule has 1 saturated heterocycles. The summed E-state index contributed by atoms with van der Waals surface area (Å²) in [5.74, 6) is 0.226. The van der Waals surface area contributed by atoms with Crippen LogP contribution in [-0.4, -0.2) is 46.0 Å². The first-order chi connectivity index (χ1) is 9.03. The van der Waals surface area contributed by atoms with E-state index in [0.717, 1.165) is 38.1 Å². The molecule has 1 heterocycles. The lowest BCUT2D eigenvalue weighted by Crippen LogP contribution is -2.45. The molecular weight excluding hydrogens is 262 g/mol. The van der Waals surface area contributed by atoms with Crippen LogP contribution in [0.2, 0.25) is 0 Å². The number of thioether (sulfide) groups is 1. The van der Waals surface area contributed by atoms with E-state index in [0.29, 0.717) is 18.1 Å². The van der Waals surface area contributed by atoms with Gasteiger partial charge in [-0.15, -0.1) is 0 Å². The number of carbonyl (C=O) groups is 2. The Morgan fingerprint density at radius 2 is 2.00 bits per heavy atom. The van der Waals surface area contributed by atoms with E-state index in [1.54, 1.807) is 0 Å². The van der Waals surface area contributed by atoms with Gasteiger partial charge < -0.3 is 10.0 Å². The van der Waals surface area contributed by atoms with Gasteiger partial charge in [0, 0.05) is 30.5 Å². The molecule has 0 radical (unpaired) electrons. The molecule has 1 amide bonds. The molecular formula is C14H23NO3S. The number of hydrogen-bond donors (Lipinski definition) is 1. The number of aliphatic carboxylic acids is 1. The van der Waals surface area contributed by atoms with Crippen molar-refractivity contribution in [3.8, 4) is 0 Å². The van der Waals surface area contributed by atoms with Crippen molar-refractivity contribution >= 4 is 23.6 Å². The molecule has 4 nitrogen and oxygen atoms in total. The van der Waals surface area contributed by atoms with Crippen molar-refractivity contribution in [1.82, 2.24) is 4.90 Å². The van der Waals surface area contributed by atoms with Gasteiger partial charge in [-0.25, -0.2) is 0 Å². The maximum absolute atomic E-state index is 12.4. The lowest BCUT2D eigenvalue weighted by molar-refractivity contribution is -0.156. The molecule has 0 aromatic carbocycles. The van der Waals surface area contributed by atoms with Gasteiger partial charge in [0.1, 0.15) is 0 Å². The van der Waals surface area contributed by atoms with Gasteiger partial charge in [0.15, 0.2) is 0 Å². The highest BCUT2D eigenvalue weighted by Gasteiger charge is 2.42. The maximum Gasteiger partial charge on any atom is 0.310 e. The lowest BCUT2D eigenvalue weighted by Gasteiger charge is -2.36. The molecule has 1 saturated carbocycles. The highest BCUT2D eigenvalue weighted by Crippen LogP contribution is 2.40. The number of amides is 1. The standard InChI is InChI=1S/C14H23NO3S/c1-11-10-15(7-8-19-11)12(16)9-14(13(17)18)5-3-2-4-6-14/h11H,2-10H2,1H3,(H,17,18). The third-order valence-corrected chi connectivity index (χ3v) is 5.48. The fourth-order valence-corrected chi connectivity index (χ4v) is 4.15. The molecule has 1 N–H and O–H groups in total. The van der Waals surface area contributed by atoms with Gasteiger partial charge in [0.05, 0.1) is 5.41 Å². The van der Waals surface area contributed by atoms with E-state index in [9.17, 15) is 14.7 Å². The number of hydrogen-bond acceptors (Lipinski definition) is 3. The van der Waals surface area contributed by atoms with Gasteiger partial charge in [0.25, 0.3) is 0 Å². The third kappa shape index (κ3) is 3.44. The van der Waals surface area contributed by atoms with Crippen molar-refractivity contribution < 1.29 is 14.7 Å². The van der Waals surface area contributed by atoms with Crippen molar-refractivity contribution in [2.45, 2.75) is 50.7 Å². The SMILES string of the molecule is CC1CN(C(=O)CC2(C(=O)O)CCCCC2)CCS1. The minimum absolute atomic E-state index is 0.0384. The van der Waals surface area contributed by atoms with E-state index in [1.165, 1.54) is 0 Å². The molecule has 1 aliphatic carbocycles. The van der Waals surface area contributed by atoms with E-state index in [-0.39, 0.29) is 12.3 Å². The van der Waals surface area contributed by atoms with Crippen molar-refractivity contribution in [2.75, 3.05) is 18.8 Å². The van der Waals surface area contributed by atoms with Crippen LogP contribution in [0.1, 0.15) is 45.4 Å². The van der Waals surface area contributed by atoms with Crippen molar-refractivity contribution in [1.29, 1.82) is 0 Å². The minimum atomic E-state index is -0.789. The van der Waals surface area contributed by atoms with Crippen molar-refractivity contribution in [3.05, 3.63) is 0 Å². The van der Waals surface area contributed by atoms with Gasteiger partial charge in [-0.05, 0) is 12.8 Å². The molecule has 2 rings (SSSR count). The summed E-state index contributed by atoms with van der Waals surface area (Å²) in [4.78, 5) is 25.8. The first kappa shape index (κ1) is 14.7. The first-order valence-electron chi connectivity index (χ1n) is 7.16. The number of nitrogens with zero attached hydrogens (tertiary/aromatic N) is 1. The molecule has 0 aromatic heterocycles. The van der Waals surface area contributed by atoms with E-state index >= 15 is 0 Å². The molecule has 19 heavy (non-hydrogen) atoms. The predicted octanol–water partition coefficient (Wildman–Crippen LogP) is 2.38. The summed E-state index contributed by atoms with van der Waals surface area (Å²) in [7, 11) is 0. The van der Waals surface area contributed by atoms with Gasteiger partial charge >= 0.3 is 5.97 Å². The molecule has 1 atom stereocenters. The zero-order valence-electron chi connectivity index (χ0n) is 11.6. The molecule has 0 aromatic rings. The minimum Gasteiger partial charge on any atom is -0.481 e. The number of carbonyl (C=O) groups excluding carboxylic acids is 1. The molecule has 1 aliphatic heterocycles. The van der Waals surface area contributed by atoms with Crippen molar-refractivity contribution in [2.24, 2.45) is 5.41 Å². The molecule has 1 unspecified atom stereocenters. The van der Waals surface area contributed by atoms with Crippen LogP contribution in [0.25, 0.3) is 0 Å². The molecule has 108 valence electrons. The number of carboxylic acids is 1. The molecule has 2 aliphatic rings. The lowest BCUT2D eigenvalue weighted by atomic mass is 9.71. The molecule has 0 spiro atoms. The predicted molar refractivity (Wildman–Crippen MR) is 76.3 cm³/mol. The van der Waals surface area contributed by atoms with Crippen LogP contribution in [0.3, 0.4) is 0 Å². The van der Waals surface area contributed by atoms with Gasteiger partial charge in [-0.1, -0.05) is 26.2 Å². The van der Waals surface area contributed by atoms with Gasteiger partial charge in [0.2, 0.25) is 5.91 Å². The van der Waals surface area contributed by atoms with E-state index < -0.39 is 11.4 Å². The second-order valence-electron chi connectivity index (χ2n) is 5.84. The van der Waals surface area contributed by atoms with Crippen LogP contribution >= 0.6 is 11.8 Å². The van der Waals surface area contributed by atoms with E-state index in [1.807, 2.05) is 16.7 Å². The Kier molecular flexibility index (Phi) is 4.76. The van der Waals surface area contributed by atoms with E-state index in [2.05, 4.69) is 6.92 Å². The zero-order chi connectivity index (χ0) is 13.9. The Morgan fingerprint density at radius 3 is 2.58 bits per heavy atom. The summed E-state index contributed by atoms with van der Waals surface area (Å²) in [6.45, 7) is 3.65. The topological polar surface area (TPSA) is 57.6 Å². The smallest absolute Gasteiger partial charge is 0.310 e. The monoisotopic (exact) mass is 285 g/mol. The van der Waals surface area contributed by atoms with E-state index in [4.69, 9.17) is 0 Å². The number of carboxylic acid groups (broad SMARTS) is 1. The molecule has 5 heteroatoms. The average Bonchev–Trinajstić information content (AvgIpc) is 2.39. The Balaban J connectivity index is 2.00. The van der Waals surface area contributed by atoms with Crippen LogP contribution in [0.4, 0.5) is 0 Å². The van der Waals surface area contributed by atoms with Crippen molar-refractivity contribution in [3.63, 3.8) is 0 Å². The summed E-state index contributed by atoms with van der Waals surface area (Å²) in [6.07, 6.45) is 4.48. The zero-order valence-corrected chi connectivity index (χ0v) is 12.4. The fourth-order valence-electron chi connectivity index (χ4n) is 3.14. The van der Waals surface area contributed by atoms with Crippen LogP contribution < -0.4 is 0 Å². The summed E-state index contributed by atoms with van der Waals surface area (Å²) >= 11 is 1.88. The largest absolute Gasteiger partial charge is 0.481 e. The Hall–Kier alpha value is -0.710. The maximum atomic E-state index is 12.4. The van der Waals surface area contributed by atoms with Gasteiger partial charge in [-0.3, -0.25) is 9.59 Å². The average molecular weight is 285 g/mol. The van der Waals surface area contributed by atoms with Crippen LogP contribution in [0.15, 0.2) is 0 Å². The van der Waals surface area contributed by atoms with Crippen LogP contribution in [-0.2, 0) is 9.59 Å². The number of rotatable bonds is 3. The quantitative estimate of drug-likeness (QED) is 0.865. The fraction of sp³-hybridized carbons (Fsp3) is 0.857. The van der Waals surface area contributed by atoms with Crippen LogP contribution in [0, 0.1) is 5.41 Å². The Labute approximate surface area is 118 Å². The highest BCUT2D eigenvalue weighted by molar-refractivity contribution is 7.99. The van der Waals surface area contributed by atoms with Gasteiger partial charge in [-0.2, -0.15) is 11.8 Å². The highest BCUT2D eigenvalue weighted by atomic mass is 32.2. The first-order valence-corrected chi connectivity index (χ1v) is 8.21. The van der Waals surface area contributed by atoms with Crippen LogP contribution in [0.5, 0.6) is 0 Å². The summed E-state index contributed by atoms with van der Waals surface area (Å²) in [5.41, 5.74) is -0.789. The second kappa shape index (κ2) is 6.16. The third-order valence-electron chi connectivity index (χ3n) is 4.35. The summed E-state index contributed by atoms with van der Waals surface area (Å²) in [6, 6.07) is 0.